The number of likely N-dealkylation sites (N-methyl/N-ethyl adjacent to an activating group) is 1. The molecule has 0 radical (unpaired) electrons. The van der Waals surface area contributed by atoms with Crippen molar-refractivity contribution in [1.82, 2.24) is 24.2 Å². The molecular formula is C16H30N10O2S3. The summed E-state index contributed by atoms with van der Waals surface area (Å²) < 4.78 is 29.1. The van der Waals surface area contributed by atoms with Crippen LogP contribution in [0.4, 0.5) is 5.13 Å². The lowest BCUT2D eigenvalue weighted by Gasteiger charge is -2.29. The summed E-state index contributed by atoms with van der Waals surface area (Å²) in [5, 5.41) is 2.42. The molecule has 0 unspecified atom stereocenters. The monoisotopic (exact) mass is 490 g/mol. The maximum Gasteiger partial charge on any atom is 0.326 e. The number of nitrogens with one attached hydrogen (secondary N) is 2. The van der Waals surface area contributed by atoms with Crippen LogP contribution >= 0.6 is 23.1 Å². The fraction of sp³-hybridized carbons (Fsp3) is 0.625. The first kappa shape index (κ1) is 25.2. The van der Waals surface area contributed by atoms with E-state index in [9.17, 15) is 8.42 Å². The van der Waals surface area contributed by atoms with E-state index in [4.69, 9.17) is 11.5 Å². The molecule has 1 aromatic rings. The lowest BCUT2D eigenvalue weighted by molar-refractivity contribution is 0.312. The summed E-state index contributed by atoms with van der Waals surface area (Å²) in [6.07, 6.45) is 0. The number of thiazole rings is 1. The summed E-state index contributed by atoms with van der Waals surface area (Å²) in [6, 6.07) is 0. The number of nitrogens with two attached hydrogens (primary N) is 2. The van der Waals surface area contributed by atoms with Crippen molar-refractivity contribution in [3.05, 3.63) is 11.1 Å². The zero-order valence-corrected chi connectivity index (χ0v) is 20.4. The average molecular weight is 491 g/mol. The van der Waals surface area contributed by atoms with Crippen molar-refractivity contribution in [1.29, 1.82) is 0 Å². The minimum Gasteiger partial charge on any atom is -0.370 e. The Bertz CT molecular complexity index is 905. The number of hydrogen-bond acceptors (Lipinski definition) is 9. The number of aliphatic imine (C=N–C) groups is 3. The van der Waals surface area contributed by atoms with Gasteiger partial charge in [-0.1, -0.05) is 13.8 Å². The molecule has 0 aromatic carbocycles. The van der Waals surface area contributed by atoms with Gasteiger partial charge >= 0.3 is 10.2 Å². The van der Waals surface area contributed by atoms with Gasteiger partial charge in [0.15, 0.2) is 5.96 Å². The Labute approximate surface area is 191 Å². The fourth-order valence-electron chi connectivity index (χ4n) is 2.53. The molecule has 1 saturated heterocycles. The summed E-state index contributed by atoms with van der Waals surface area (Å²) in [5.41, 5.74) is 11.6. The second-order valence-corrected chi connectivity index (χ2v) is 9.77. The van der Waals surface area contributed by atoms with Crippen LogP contribution in [-0.2, 0) is 16.0 Å². The van der Waals surface area contributed by atoms with Crippen molar-refractivity contribution in [2.45, 2.75) is 19.6 Å². The van der Waals surface area contributed by atoms with Gasteiger partial charge in [-0.2, -0.15) is 25.2 Å². The third-order valence-corrected chi connectivity index (χ3v) is 6.83. The standard InChI is InChI=1S/C16H30N10O2S3/c1-4-26(5-2)8-6-19-14-23-31(27,28)24-15(25(14)3)20-7-9-29-10-12-11-30-16(21-12)22-13(17)18/h11H,4-10H2,1-3H3,(H,19,23)(H,20,24)(H4,17,18,21,22). The molecule has 0 aliphatic carbocycles. The quantitative estimate of drug-likeness (QED) is 0.186. The van der Waals surface area contributed by atoms with Crippen LogP contribution in [0.15, 0.2) is 20.4 Å². The molecule has 2 rings (SSSR count). The zero-order valence-electron chi connectivity index (χ0n) is 17.9. The van der Waals surface area contributed by atoms with Crippen LogP contribution in [0.25, 0.3) is 0 Å². The van der Waals surface area contributed by atoms with Crippen LogP contribution in [0.5, 0.6) is 0 Å². The Hall–Kier alpha value is -2.10. The summed E-state index contributed by atoms with van der Waals surface area (Å²) in [7, 11) is -2.01. The molecule has 12 nitrogen and oxygen atoms in total. The predicted octanol–water partition coefficient (Wildman–Crippen LogP) is -0.296. The Morgan fingerprint density at radius 3 is 2.48 bits per heavy atom. The highest BCUT2D eigenvalue weighted by Crippen LogP contribution is 2.21. The molecular weight excluding hydrogens is 460 g/mol. The topological polar surface area (TPSA) is 167 Å². The van der Waals surface area contributed by atoms with E-state index in [2.05, 4.69) is 48.2 Å². The maximum atomic E-state index is 12.1. The molecule has 1 aliphatic rings. The van der Waals surface area contributed by atoms with Crippen molar-refractivity contribution in [3.63, 3.8) is 0 Å². The average Bonchev–Trinajstić information content (AvgIpc) is 3.14. The van der Waals surface area contributed by atoms with Gasteiger partial charge in [0.1, 0.15) is 0 Å². The Morgan fingerprint density at radius 2 is 1.87 bits per heavy atom. The third kappa shape index (κ3) is 8.51. The zero-order chi connectivity index (χ0) is 22.9. The minimum atomic E-state index is -3.73. The summed E-state index contributed by atoms with van der Waals surface area (Å²) in [5.74, 6) is 1.85. The van der Waals surface area contributed by atoms with Crippen molar-refractivity contribution >= 4 is 56.3 Å². The Balaban J connectivity index is 1.88. The van der Waals surface area contributed by atoms with Gasteiger partial charge in [0.2, 0.25) is 17.1 Å². The van der Waals surface area contributed by atoms with Gasteiger partial charge in [-0.15, -0.1) is 11.3 Å². The largest absolute Gasteiger partial charge is 0.370 e. The molecule has 0 amide bonds. The van der Waals surface area contributed by atoms with Gasteiger partial charge in [-0.25, -0.2) is 14.4 Å². The SMILES string of the molecule is CCN(CC)CCN=C1NS(=O)(=O)NC(=NCCSCc2csc(N=C(N)N)n2)N1C. The van der Waals surface area contributed by atoms with Crippen LogP contribution < -0.4 is 20.9 Å². The van der Waals surface area contributed by atoms with E-state index < -0.39 is 10.2 Å². The van der Waals surface area contributed by atoms with E-state index in [1.807, 2.05) is 5.38 Å². The molecule has 0 atom stereocenters. The molecule has 0 bridgehead atoms. The Kier molecular flexibility index (Phi) is 9.80. The fourth-order valence-corrected chi connectivity index (χ4v) is 5.00. The van der Waals surface area contributed by atoms with Crippen molar-refractivity contribution in [3.8, 4) is 0 Å². The summed E-state index contributed by atoms with van der Waals surface area (Å²) >= 11 is 3.00. The second kappa shape index (κ2) is 12.1. The lowest BCUT2D eigenvalue weighted by Crippen LogP contribution is -2.60. The van der Waals surface area contributed by atoms with Gasteiger partial charge in [-0.3, -0.25) is 14.9 Å². The van der Waals surface area contributed by atoms with Gasteiger partial charge < -0.3 is 16.4 Å². The molecule has 1 aliphatic heterocycles. The van der Waals surface area contributed by atoms with E-state index in [-0.39, 0.29) is 17.9 Å². The highest BCUT2D eigenvalue weighted by atomic mass is 32.2. The molecule has 0 spiro atoms. The van der Waals surface area contributed by atoms with Gasteiger partial charge in [0.05, 0.1) is 18.8 Å². The summed E-state index contributed by atoms with van der Waals surface area (Å²) in [4.78, 5) is 20.8. The molecule has 1 fully saturated rings. The van der Waals surface area contributed by atoms with E-state index in [0.717, 1.165) is 25.3 Å². The molecule has 1 aromatic heterocycles. The van der Waals surface area contributed by atoms with Crippen LogP contribution in [-0.4, -0.2) is 86.6 Å². The van der Waals surface area contributed by atoms with Crippen LogP contribution in [0.3, 0.4) is 0 Å². The first-order valence-electron chi connectivity index (χ1n) is 9.71. The van der Waals surface area contributed by atoms with Gasteiger partial charge in [0.25, 0.3) is 0 Å². The number of thioether (sulfide) groups is 1. The first-order valence-corrected chi connectivity index (χ1v) is 13.2. The molecule has 0 saturated carbocycles. The highest BCUT2D eigenvalue weighted by Gasteiger charge is 2.28. The van der Waals surface area contributed by atoms with Crippen LogP contribution in [0, 0.1) is 0 Å². The molecule has 2 heterocycles. The normalized spacial score (nSPS) is 18.3. The minimum absolute atomic E-state index is 0.0196. The van der Waals surface area contributed by atoms with E-state index in [0.29, 0.717) is 29.7 Å². The lowest BCUT2D eigenvalue weighted by atomic mass is 10.5. The molecule has 174 valence electrons. The van der Waals surface area contributed by atoms with Gasteiger partial charge in [-0.05, 0) is 13.1 Å². The predicted molar refractivity (Wildman–Crippen MR) is 129 cm³/mol. The van der Waals surface area contributed by atoms with E-state index >= 15 is 0 Å². The third-order valence-electron chi connectivity index (χ3n) is 4.17. The number of nitrogens with zero attached hydrogens (tertiary/aromatic N) is 6. The number of hydrogen-bond donors (Lipinski definition) is 4. The smallest absolute Gasteiger partial charge is 0.326 e. The van der Waals surface area contributed by atoms with E-state index in [1.165, 1.54) is 11.3 Å². The number of aromatic nitrogens is 1. The number of guanidine groups is 3. The van der Waals surface area contributed by atoms with Crippen molar-refractivity contribution in [2.75, 3.05) is 45.5 Å². The first-order chi connectivity index (χ1) is 14.7. The van der Waals surface area contributed by atoms with E-state index in [1.54, 1.807) is 23.7 Å². The molecule has 6 N–H and O–H groups in total. The molecule has 31 heavy (non-hydrogen) atoms. The van der Waals surface area contributed by atoms with Crippen molar-refractivity contribution in [2.24, 2.45) is 26.4 Å². The highest BCUT2D eigenvalue weighted by molar-refractivity contribution is 7.98. The Morgan fingerprint density at radius 1 is 1.23 bits per heavy atom. The number of rotatable bonds is 11. The van der Waals surface area contributed by atoms with Crippen LogP contribution in [0.1, 0.15) is 19.5 Å². The second-order valence-electron chi connectivity index (χ2n) is 6.41. The molecule has 15 heteroatoms. The van der Waals surface area contributed by atoms with Crippen molar-refractivity contribution < 1.29 is 8.42 Å². The van der Waals surface area contributed by atoms with Crippen LogP contribution in [0.2, 0.25) is 0 Å². The maximum absolute atomic E-state index is 12.1. The van der Waals surface area contributed by atoms with Gasteiger partial charge in [0, 0.05) is 30.5 Å². The summed E-state index contributed by atoms with van der Waals surface area (Å²) in [6.45, 7) is 7.68.